The summed E-state index contributed by atoms with van der Waals surface area (Å²) in [6.45, 7) is -0.632. The molecule has 1 unspecified atom stereocenters. The summed E-state index contributed by atoms with van der Waals surface area (Å²) in [5, 5.41) is 11.1. The van der Waals surface area contributed by atoms with Crippen LogP contribution in [0.25, 0.3) is 0 Å². The summed E-state index contributed by atoms with van der Waals surface area (Å²) in [7, 11) is 1.11. The molecular weight excluding hydrogens is 296 g/mol. The summed E-state index contributed by atoms with van der Waals surface area (Å²) in [5.41, 5.74) is 0. The molecule has 1 aromatic heterocycles. The van der Waals surface area contributed by atoms with E-state index in [2.05, 4.69) is 10.1 Å². The van der Waals surface area contributed by atoms with Crippen LogP contribution in [-0.2, 0) is 15.3 Å². The highest BCUT2D eigenvalue weighted by Gasteiger charge is 2.22. The first-order valence-corrected chi connectivity index (χ1v) is 6.50. The minimum atomic E-state index is -2.53. The van der Waals surface area contributed by atoms with Gasteiger partial charge in [0.1, 0.15) is 5.76 Å². The number of esters is 1. The third-order valence-corrected chi connectivity index (χ3v) is 2.91. The van der Waals surface area contributed by atoms with Gasteiger partial charge < -0.3 is 19.6 Å². The van der Waals surface area contributed by atoms with Gasteiger partial charge in [-0.2, -0.15) is 8.78 Å². The molecule has 0 saturated carbocycles. The van der Waals surface area contributed by atoms with Gasteiger partial charge in [-0.1, -0.05) is 11.8 Å². The number of nitrogens with one attached hydrogen (secondary N) is 1. The first-order valence-electron chi connectivity index (χ1n) is 5.46. The van der Waals surface area contributed by atoms with Crippen molar-refractivity contribution in [1.82, 2.24) is 5.32 Å². The molecule has 0 bridgehead atoms. The van der Waals surface area contributed by atoms with Gasteiger partial charge in [-0.15, -0.1) is 0 Å². The molecule has 0 aromatic carbocycles. The number of alkyl halides is 2. The van der Waals surface area contributed by atoms with E-state index in [0.29, 0.717) is 11.8 Å². The zero-order chi connectivity index (χ0) is 15.1. The maximum Gasteiger partial charge on any atom is 0.330 e. The number of hydrogen-bond donors (Lipinski definition) is 2. The zero-order valence-electron chi connectivity index (χ0n) is 10.5. The van der Waals surface area contributed by atoms with E-state index in [1.807, 2.05) is 0 Å². The number of carbonyl (C=O) groups excluding carboxylic acids is 2. The van der Waals surface area contributed by atoms with Gasteiger partial charge in [0.2, 0.25) is 0 Å². The Hall–Kier alpha value is -1.61. The quantitative estimate of drug-likeness (QED) is 0.731. The number of ether oxygens (including phenoxy) is 1. The number of methoxy groups -OCH3 is 1. The predicted octanol–water partition coefficient (Wildman–Crippen LogP) is 0.999. The van der Waals surface area contributed by atoms with Crippen LogP contribution in [0.2, 0.25) is 0 Å². The molecule has 20 heavy (non-hydrogen) atoms. The SMILES string of the molecule is COC(=O)C(CO)NC(=O)c1ccc(CSC(F)F)o1. The predicted molar refractivity (Wildman–Crippen MR) is 66.4 cm³/mol. The Kier molecular flexibility index (Phi) is 6.46. The molecule has 2 N–H and O–H groups in total. The first-order chi connectivity index (χ1) is 9.47. The van der Waals surface area contributed by atoms with Crippen molar-refractivity contribution in [2.45, 2.75) is 17.6 Å². The van der Waals surface area contributed by atoms with Crippen LogP contribution in [0.1, 0.15) is 16.3 Å². The van der Waals surface area contributed by atoms with E-state index in [4.69, 9.17) is 9.52 Å². The van der Waals surface area contributed by atoms with Crippen molar-refractivity contribution >= 4 is 23.6 Å². The van der Waals surface area contributed by atoms with Crippen LogP contribution >= 0.6 is 11.8 Å². The zero-order valence-corrected chi connectivity index (χ0v) is 11.3. The Morgan fingerprint density at radius 1 is 1.50 bits per heavy atom. The van der Waals surface area contributed by atoms with Gasteiger partial charge >= 0.3 is 5.97 Å². The molecule has 1 heterocycles. The van der Waals surface area contributed by atoms with E-state index < -0.39 is 30.3 Å². The molecule has 1 atom stereocenters. The summed E-state index contributed by atoms with van der Waals surface area (Å²) in [6, 6.07) is 1.47. The Labute approximate surface area is 117 Å². The average Bonchev–Trinajstić information content (AvgIpc) is 2.90. The largest absolute Gasteiger partial charge is 0.467 e. The molecule has 6 nitrogen and oxygen atoms in total. The number of halogens is 2. The Bertz CT molecular complexity index is 465. The molecule has 1 rings (SSSR count). The lowest BCUT2D eigenvalue weighted by atomic mass is 10.3. The number of rotatable bonds is 7. The molecule has 0 fully saturated rings. The fraction of sp³-hybridized carbons (Fsp3) is 0.455. The van der Waals surface area contributed by atoms with Crippen LogP contribution < -0.4 is 5.32 Å². The Morgan fingerprint density at radius 2 is 2.20 bits per heavy atom. The topological polar surface area (TPSA) is 88.8 Å². The average molecular weight is 309 g/mol. The summed E-state index contributed by atoms with van der Waals surface area (Å²) < 4.78 is 33.4. The van der Waals surface area contributed by atoms with E-state index in [9.17, 15) is 18.4 Å². The van der Waals surface area contributed by atoms with Crippen LogP contribution in [0.5, 0.6) is 0 Å². The molecule has 0 aliphatic rings. The van der Waals surface area contributed by atoms with Gasteiger partial charge in [0.15, 0.2) is 11.8 Å². The lowest BCUT2D eigenvalue weighted by molar-refractivity contribution is -0.143. The lowest BCUT2D eigenvalue weighted by Gasteiger charge is -2.12. The number of aliphatic hydroxyl groups excluding tert-OH is 1. The van der Waals surface area contributed by atoms with Crippen molar-refractivity contribution < 1.29 is 32.6 Å². The smallest absolute Gasteiger partial charge is 0.330 e. The van der Waals surface area contributed by atoms with Crippen LogP contribution in [-0.4, -0.2) is 42.5 Å². The van der Waals surface area contributed by atoms with Gasteiger partial charge in [0.05, 0.1) is 19.5 Å². The number of furan rings is 1. The van der Waals surface area contributed by atoms with Crippen molar-refractivity contribution in [2.75, 3.05) is 13.7 Å². The van der Waals surface area contributed by atoms with E-state index >= 15 is 0 Å². The van der Waals surface area contributed by atoms with E-state index in [1.165, 1.54) is 12.1 Å². The number of aliphatic hydroxyl groups is 1. The highest BCUT2D eigenvalue weighted by Crippen LogP contribution is 2.21. The minimum absolute atomic E-state index is 0.0780. The maximum absolute atomic E-state index is 12.0. The third-order valence-electron chi connectivity index (χ3n) is 2.21. The fourth-order valence-corrected chi connectivity index (χ4v) is 1.72. The molecule has 0 aliphatic heterocycles. The van der Waals surface area contributed by atoms with Crippen molar-refractivity contribution in [1.29, 1.82) is 0 Å². The third kappa shape index (κ3) is 4.82. The highest BCUT2D eigenvalue weighted by molar-refractivity contribution is 7.98. The van der Waals surface area contributed by atoms with E-state index in [-0.39, 0.29) is 17.3 Å². The van der Waals surface area contributed by atoms with Gasteiger partial charge in [0, 0.05) is 0 Å². The number of carbonyl (C=O) groups is 2. The van der Waals surface area contributed by atoms with Gasteiger partial charge in [0.25, 0.3) is 11.7 Å². The molecule has 0 aliphatic carbocycles. The molecule has 1 amide bonds. The molecular formula is C11H13F2NO5S. The van der Waals surface area contributed by atoms with E-state index in [1.54, 1.807) is 0 Å². The van der Waals surface area contributed by atoms with Gasteiger partial charge in [-0.05, 0) is 12.1 Å². The van der Waals surface area contributed by atoms with Crippen LogP contribution in [0, 0.1) is 0 Å². The maximum atomic E-state index is 12.0. The van der Waals surface area contributed by atoms with Gasteiger partial charge in [-0.3, -0.25) is 4.79 Å². The Balaban J connectivity index is 2.61. The normalized spacial score (nSPS) is 12.2. The number of amides is 1. The highest BCUT2D eigenvalue weighted by atomic mass is 32.2. The molecule has 0 spiro atoms. The Morgan fingerprint density at radius 3 is 2.75 bits per heavy atom. The van der Waals surface area contributed by atoms with Crippen molar-refractivity contribution in [2.24, 2.45) is 0 Å². The van der Waals surface area contributed by atoms with Crippen LogP contribution in [0.15, 0.2) is 16.5 Å². The van der Waals surface area contributed by atoms with Gasteiger partial charge in [-0.25, -0.2) is 4.79 Å². The van der Waals surface area contributed by atoms with Crippen molar-refractivity contribution in [3.05, 3.63) is 23.7 Å². The summed E-state index contributed by atoms with van der Waals surface area (Å²) in [5.74, 6) is -4.10. The summed E-state index contributed by atoms with van der Waals surface area (Å²) in [4.78, 5) is 22.9. The molecule has 9 heteroatoms. The van der Waals surface area contributed by atoms with Crippen molar-refractivity contribution in [3.63, 3.8) is 0 Å². The second kappa shape index (κ2) is 7.85. The van der Waals surface area contributed by atoms with E-state index in [0.717, 1.165) is 7.11 Å². The fourth-order valence-electron chi connectivity index (χ4n) is 1.27. The number of thioether (sulfide) groups is 1. The van der Waals surface area contributed by atoms with Crippen LogP contribution in [0.4, 0.5) is 8.78 Å². The molecule has 0 saturated heterocycles. The second-order valence-electron chi connectivity index (χ2n) is 3.57. The molecule has 112 valence electrons. The monoisotopic (exact) mass is 309 g/mol. The minimum Gasteiger partial charge on any atom is -0.467 e. The van der Waals surface area contributed by atoms with Crippen LogP contribution in [0.3, 0.4) is 0 Å². The second-order valence-corrected chi connectivity index (χ2v) is 4.55. The summed E-state index contributed by atoms with van der Waals surface area (Å²) >= 11 is 0.363. The standard InChI is InChI=1S/C11H13F2NO5S/c1-18-10(17)7(4-15)14-9(16)8-3-2-6(19-8)5-20-11(12)13/h2-3,7,11,15H,4-5H2,1H3,(H,14,16). The molecule has 0 radical (unpaired) electrons. The lowest BCUT2D eigenvalue weighted by Crippen LogP contribution is -2.43. The molecule has 1 aromatic rings. The summed E-state index contributed by atoms with van der Waals surface area (Å²) in [6.07, 6.45) is 0. The number of hydrogen-bond acceptors (Lipinski definition) is 6. The van der Waals surface area contributed by atoms with Crippen molar-refractivity contribution in [3.8, 4) is 0 Å². The first kappa shape index (κ1) is 16.4.